The van der Waals surface area contributed by atoms with Crippen LogP contribution in [-0.4, -0.2) is 44.0 Å². The number of benzene rings is 1. The molecule has 0 N–H and O–H groups in total. The molecular weight excluding hydrogens is 205 g/mol. The zero-order valence-electron chi connectivity index (χ0n) is 10.2. The largest absolute Gasteiger partial charge is 0.349 e. The predicted molar refractivity (Wildman–Crippen MR) is 64.9 cm³/mol. The molecule has 0 saturated heterocycles. The van der Waals surface area contributed by atoms with Crippen molar-refractivity contribution in [3.05, 3.63) is 35.6 Å². The zero-order chi connectivity index (χ0) is 12.1. The van der Waals surface area contributed by atoms with Gasteiger partial charge in [-0.2, -0.15) is 0 Å². The van der Waals surface area contributed by atoms with Gasteiger partial charge in [-0.15, -0.1) is 0 Å². The highest BCUT2D eigenvalue weighted by atomic mass is 19.1. The van der Waals surface area contributed by atoms with Crippen molar-refractivity contribution in [3.8, 4) is 0 Å². The molecule has 0 amide bonds. The molecule has 16 heavy (non-hydrogen) atoms. The molecule has 3 nitrogen and oxygen atoms in total. The van der Waals surface area contributed by atoms with Crippen molar-refractivity contribution < 1.29 is 4.39 Å². The molecule has 0 heterocycles. The van der Waals surface area contributed by atoms with Crippen LogP contribution in [0.1, 0.15) is 5.56 Å². The molecule has 0 saturated carbocycles. The van der Waals surface area contributed by atoms with Crippen LogP contribution in [0.2, 0.25) is 0 Å². The van der Waals surface area contributed by atoms with E-state index in [-0.39, 0.29) is 5.82 Å². The van der Waals surface area contributed by atoms with Gasteiger partial charge in [-0.3, -0.25) is 0 Å². The number of hydrogen-bond acceptors (Lipinski definition) is 1. The lowest BCUT2D eigenvalue weighted by Crippen LogP contribution is -2.35. The molecule has 0 aliphatic rings. The van der Waals surface area contributed by atoms with Gasteiger partial charge in [0, 0.05) is 28.2 Å². The molecule has 0 aliphatic carbocycles. The number of guanidine groups is 1. The van der Waals surface area contributed by atoms with Crippen molar-refractivity contribution in [2.75, 3.05) is 28.2 Å². The van der Waals surface area contributed by atoms with Gasteiger partial charge in [0.25, 0.3) is 0 Å². The average molecular weight is 223 g/mol. The Bertz CT molecular complexity index is 345. The van der Waals surface area contributed by atoms with Crippen LogP contribution < -0.4 is 0 Å². The van der Waals surface area contributed by atoms with Crippen LogP contribution in [0.5, 0.6) is 0 Å². The Morgan fingerprint density at radius 3 is 2.00 bits per heavy atom. The molecule has 4 heteroatoms. The van der Waals surface area contributed by atoms with E-state index in [9.17, 15) is 4.39 Å². The fourth-order valence-corrected chi connectivity index (χ4v) is 1.43. The van der Waals surface area contributed by atoms with E-state index in [0.29, 0.717) is 6.54 Å². The SMILES string of the molecule is CN(C)C(=NCc1ccc(F)cc1)N(C)C. The molecule has 0 unspecified atom stereocenters. The van der Waals surface area contributed by atoms with Crippen LogP contribution in [0.4, 0.5) is 4.39 Å². The Morgan fingerprint density at radius 2 is 1.56 bits per heavy atom. The maximum Gasteiger partial charge on any atom is 0.195 e. The van der Waals surface area contributed by atoms with Crippen LogP contribution in [0, 0.1) is 5.82 Å². The van der Waals surface area contributed by atoms with Crippen molar-refractivity contribution in [1.29, 1.82) is 0 Å². The topological polar surface area (TPSA) is 18.8 Å². The predicted octanol–water partition coefficient (Wildman–Crippen LogP) is 1.80. The van der Waals surface area contributed by atoms with E-state index in [2.05, 4.69) is 4.99 Å². The summed E-state index contributed by atoms with van der Waals surface area (Å²) < 4.78 is 12.7. The van der Waals surface area contributed by atoms with Crippen molar-refractivity contribution in [2.45, 2.75) is 6.54 Å². The van der Waals surface area contributed by atoms with Gasteiger partial charge in [0.1, 0.15) is 5.82 Å². The van der Waals surface area contributed by atoms with E-state index < -0.39 is 0 Å². The highest BCUT2D eigenvalue weighted by molar-refractivity contribution is 5.79. The highest BCUT2D eigenvalue weighted by Gasteiger charge is 2.03. The highest BCUT2D eigenvalue weighted by Crippen LogP contribution is 2.04. The number of halogens is 1. The van der Waals surface area contributed by atoms with Gasteiger partial charge in [0.05, 0.1) is 6.54 Å². The Labute approximate surface area is 96.2 Å². The summed E-state index contributed by atoms with van der Waals surface area (Å²) in [5.41, 5.74) is 1.00. The molecule has 0 aromatic heterocycles. The molecule has 1 aromatic rings. The first kappa shape index (κ1) is 12.5. The Morgan fingerprint density at radius 1 is 1.06 bits per heavy atom. The molecule has 0 bridgehead atoms. The zero-order valence-corrected chi connectivity index (χ0v) is 10.2. The van der Waals surface area contributed by atoms with E-state index in [1.165, 1.54) is 12.1 Å². The minimum Gasteiger partial charge on any atom is -0.349 e. The Hall–Kier alpha value is -1.58. The smallest absolute Gasteiger partial charge is 0.195 e. The van der Waals surface area contributed by atoms with E-state index in [0.717, 1.165) is 11.5 Å². The summed E-state index contributed by atoms with van der Waals surface area (Å²) in [4.78, 5) is 8.36. The lowest BCUT2D eigenvalue weighted by Gasteiger charge is -2.22. The van der Waals surface area contributed by atoms with Gasteiger partial charge in [-0.05, 0) is 17.7 Å². The summed E-state index contributed by atoms with van der Waals surface area (Å²) in [5, 5.41) is 0. The molecule has 0 radical (unpaired) electrons. The number of aliphatic imine (C=N–C) groups is 1. The van der Waals surface area contributed by atoms with Gasteiger partial charge in [0.15, 0.2) is 5.96 Å². The number of hydrogen-bond donors (Lipinski definition) is 0. The fraction of sp³-hybridized carbons (Fsp3) is 0.417. The summed E-state index contributed by atoms with van der Waals surface area (Å²) in [6.07, 6.45) is 0. The summed E-state index contributed by atoms with van der Waals surface area (Å²) in [5.74, 6) is 0.678. The third-order valence-electron chi connectivity index (χ3n) is 2.12. The first-order chi connectivity index (χ1) is 7.50. The quantitative estimate of drug-likeness (QED) is 0.562. The summed E-state index contributed by atoms with van der Waals surface area (Å²) in [6.45, 7) is 0.561. The molecular formula is C12H18FN3. The normalized spacial score (nSPS) is 9.81. The van der Waals surface area contributed by atoms with E-state index in [1.54, 1.807) is 12.1 Å². The molecule has 1 rings (SSSR count). The van der Waals surface area contributed by atoms with Crippen LogP contribution in [0.15, 0.2) is 29.3 Å². The van der Waals surface area contributed by atoms with Crippen molar-refractivity contribution in [1.82, 2.24) is 9.80 Å². The third kappa shape index (κ3) is 3.53. The van der Waals surface area contributed by atoms with Gasteiger partial charge in [-0.1, -0.05) is 12.1 Å². The van der Waals surface area contributed by atoms with Gasteiger partial charge < -0.3 is 9.80 Å². The van der Waals surface area contributed by atoms with Crippen LogP contribution >= 0.6 is 0 Å². The van der Waals surface area contributed by atoms with E-state index in [1.807, 2.05) is 38.0 Å². The van der Waals surface area contributed by atoms with Crippen LogP contribution in [0.3, 0.4) is 0 Å². The average Bonchev–Trinajstić information content (AvgIpc) is 2.20. The molecule has 1 aromatic carbocycles. The standard InChI is InChI=1S/C12H18FN3/c1-15(2)12(16(3)4)14-9-10-5-7-11(13)8-6-10/h5-8H,9H2,1-4H3. The maximum atomic E-state index is 12.7. The second-order valence-corrected chi connectivity index (χ2v) is 4.03. The van der Waals surface area contributed by atoms with E-state index in [4.69, 9.17) is 0 Å². The molecule has 0 fully saturated rings. The van der Waals surface area contributed by atoms with Gasteiger partial charge >= 0.3 is 0 Å². The number of rotatable bonds is 2. The summed E-state index contributed by atoms with van der Waals surface area (Å²) in [7, 11) is 7.79. The van der Waals surface area contributed by atoms with Gasteiger partial charge in [0.2, 0.25) is 0 Å². The Balaban J connectivity index is 2.73. The molecule has 88 valence electrons. The molecule has 0 spiro atoms. The maximum absolute atomic E-state index is 12.7. The summed E-state index contributed by atoms with van der Waals surface area (Å²) >= 11 is 0. The van der Waals surface area contributed by atoms with Crippen LogP contribution in [0.25, 0.3) is 0 Å². The van der Waals surface area contributed by atoms with Crippen LogP contribution in [-0.2, 0) is 6.54 Å². The van der Waals surface area contributed by atoms with Crippen molar-refractivity contribution >= 4 is 5.96 Å². The van der Waals surface area contributed by atoms with Crippen molar-refractivity contribution in [3.63, 3.8) is 0 Å². The molecule has 0 atom stereocenters. The second kappa shape index (κ2) is 5.49. The lowest BCUT2D eigenvalue weighted by atomic mass is 10.2. The fourth-order valence-electron chi connectivity index (χ4n) is 1.43. The monoisotopic (exact) mass is 223 g/mol. The van der Waals surface area contributed by atoms with Crippen molar-refractivity contribution in [2.24, 2.45) is 4.99 Å². The minimum atomic E-state index is -0.215. The lowest BCUT2D eigenvalue weighted by molar-refractivity contribution is 0.479. The summed E-state index contributed by atoms with van der Waals surface area (Å²) in [6, 6.07) is 6.41. The first-order valence-electron chi connectivity index (χ1n) is 5.14. The number of nitrogens with zero attached hydrogens (tertiary/aromatic N) is 3. The minimum absolute atomic E-state index is 0.215. The second-order valence-electron chi connectivity index (χ2n) is 4.03. The first-order valence-corrected chi connectivity index (χ1v) is 5.14. The van der Waals surface area contributed by atoms with E-state index >= 15 is 0 Å². The molecule has 0 aliphatic heterocycles. The third-order valence-corrected chi connectivity index (χ3v) is 2.12. The Kier molecular flexibility index (Phi) is 4.28. The van der Waals surface area contributed by atoms with Gasteiger partial charge in [-0.25, -0.2) is 9.38 Å².